The van der Waals surface area contributed by atoms with Crippen molar-refractivity contribution >= 4 is 23.5 Å². The van der Waals surface area contributed by atoms with Crippen LogP contribution < -0.4 is 10.2 Å². The third-order valence-electron chi connectivity index (χ3n) is 6.59. The zero-order valence-corrected chi connectivity index (χ0v) is 17.5. The summed E-state index contributed by atoms with van der Waals surface area (Å²) < 4.78 is 0. The Labute approximate surface area is 180 Å². The van der Waals surface area contributed by atoms with Crippen LogP contribution in [0, 0.1) is 36.0 Å². The fourth-order valence-electron chi connectivity index (χ4n) is 5.05. The minimum Gasteiger partial charge on any atom is -0.480 e. The number of anilines is 1. The second-order valence-corrected chi connectivity index (χ2v) is 8.49. The Morgan fingerprint density at radius 2 is 1.87 bits per heavy atom. The van der Waals surface area contributed by atoms with Crippen LogP contribution in [0.15, 0.2) is 48.5 Å². The fourth-order valence-corrected chi connectivity index (χ4v) is 5.05. The van der Waals surface area contributed by atoms with Gasteiger partial charge in [0, 0.05) is 6.04 Å². The standard InChI is InChI=1S/C24H23N3O4/c1-13(2)24(23(30)31)19-18(20(26-24)16-9-6-8-15(11-16)12-25)21(28)27(22(19)29)17-10-5-4-7-14(17)3/h4-11,13,18-20,26H,1-3H3,(H,30,31). The lowest BCUT2D eigenvalue weighted by atomic mass is 9.73. The molecule has 0 aromatic heterocycles. The zero-order chi connectivity index (χ0) is 22.5. The third kappa shape index (κ3) is 2.87. The first kappa shape index (κ1) is 20.8. The number of nitriles is 1. The van der Waals surface area contributed by atoms with Gasteiger partial charge in [-0.05, 0) is 42.2 Å². The summed E-state index contributed by atoms with van der Waals surface area (Å²) >= 11 is 0. The van der Waals surface area contributed by atoms with Gasteiger partial charge < -0.3 is 5.11 Å². The summed E-state index contributed by atoms with van der Waals surface area (Å²) in [6.45, 7) is 5.28. The van der Waals surface area contributed by atoms with Crippen molar-refractivity contribution in [3.8, 4) is 6.07 Å². The van der Waals surface area contributed by atoms with Gasteiger partial charge in [0.05, 0.1) is 29.2 Å². The zero-order valence-electron chi connectivity index (χ0n) is 17.5. The van der Waals surface area contributed by atoms with E-state index < -0.39 is 47.1 Å². The number of fused-ring (bicyclic) bond motifs is 1. The van der Waals surface area contributed by atoms with E-state index in [-0.39, 0.29) is 0 Å². The Morgan fingerprint density at radius 3 is 2.48 bits per heavy atom. The van der Waals surface area contributed by atoms with E-state index in [4.69, 9.17) is 0 Å². The van der Waals surface area contributed by atoms with Crippen LogP contribution >= 0.6 is 0 Å². The summed E-state index contributed by atoms with van der Waals surface area (Å²) in [7, 11) is 0. The first-order chi connectivity index (χ1) is 14.7. The number of aliphatic carboxylic acids is 1. The smallest absolute Gasteiger partial charge is 0.325 e. The molecule has 2 aliphatic heterocycles. The highest BCUT2D eigenvalue weighted by Crippen LogP contribution is 2.52. The molecule has 2 heterocycles. The fraction of sp³-hybridized carbons (Fsp3) is 0.333. The minimum absolute atomic E-state index is 0.403. The van der Waals surface area contributed by atoms with Gasteiger partial charge in [0.1, 0.15) is 5.54 Å². The Kier molecular flexibility index (Phi) is 4.91. The van der Waals surface area contributed by atoms with E-state index in [2.05, 4.69) is 11.4 Å². The van der Waals surface area contributed by atoms with Gasteiger partial charge >= 0.3 is 5.97 Å². The summed E-state index contributed by atoms with van der Waals surface area (Å²) in [5, 5.41) is 22.7. The van der Waals surface area contributed by atoms with Crippen LogP contribution in [0.5, 0.6) is 0 Å². The number of nitrogens with one attached hydrogen (secondary N) is 1. The molecule has 2 amide bonds. The average Bonchev–Trinajstić information content (AvgIpc) is 3.24. The quantitative estimate of drug-likeness (QED) is 0.740. The highest BCUT2D eigenvalue weighted by Gasteiger charge is 2.69. The molecule has 0 radical (unpaired) electrons. The van der Waals surface area contributed by atoms with Crippen LogP contribution in [0.4, 0.5) is 5.69 Å². The van der Waals surface area contributed by atoms with Crippen LogP contribution in [0.3, 0.4) is 0 Å². The van der Waals surface area contributed by atoms with Crippen LogP contribution in [-0.4, -0.2) is 28.4 Å². The normalized spacial score (nSPS) is 27.5. The maximum absolute atomic E-state index is 13.6. The molecule has 0 bridgehead atoms. The van der Waals surface area contributed by atoms with Crippen LogP contribution in [0.25, 0.3) is 0 Å². The van der Waals surface area contributed by atoms with E-state index in [1.54, 1.807) is 50.2 Å². The van der Waals surface area contributed by atoms with Gasteiger partial charge in [-0.25, -0.2) is 4.90 Å². The number of benzene rings is 2. The van der Waals surface area contributed by atoms with Gasteiger partial charge in [0.15, 0.2) is 0 Å². The van der Waals surface area contributed by atoms with Gasteiger partial charge in [0.2, 0.25) is 11.8 Å². The highest BCUT2D eigenvalue weighted by molar-refractivity contribution is 6.24. The molecule has 7 nitrogen and oxygen atoms in total. The molecule has 7 heteroatoms. The number of rotatable bonds is 4. The predicted octanol–water partition coefficient (Wildman–Crippen LogP) is 2.80. The Balaban J connectivity index is 1.91. The van der Waals surface area contributed by atoms with Crippen LogP contribution in [-0.2, 0) is 14.4 Å². The van der Waals surface area contributed by atoms with Crippen molar-refractivity contribution < 1.29 is 19.5 Å². The molecule has 2 N–H and O–H groups in total. The van der Waals surface area contributed by atoms with Gasteiger partial charge in [-0.2, -0.15) is 5.26 Å². The SMILES string of the molecule is Cc1ccccc1N1C(=O)C2C(c3cccc(C#N)c3)NC(C(=O)O)(C(C)C)C2C1=O. The first-order valence-electron chi connectivity index (χ1n) is 10.2. The number of carboxylic acids is 1. The summed E-state index contributed by atoms with van der Waals surface area (Å²) in [6, 6.07) is 15.2. The summed E-state index contributed by atoms with van der Waals surface area (Å²) in [6.07, 6.45) is 0. The van der Waals surface area contributed by atoms with Crippen LogP contribution in [0.1, 0.15) is 36.6 Å². The number of hydrogen-bond acceptors (Lipinski definition) is 5. The molecule has 2 aromatic rings. The van der Waals surface area contributed by atoms with E-state index in [1.165, 1.54) is 0 Å². The highest BCUT2D eigenvalue weighted by atomic mass is 16.4. The topological polar surface area (TPSA) is 110 Å². The number of amides is 2. The van der Waals surface area contributed by atoms with Crippen molar-refractivity contribution in [2.75, 3.05) is 4.90 Å². The maximum Gasteiger partial charge on any atom is 0.325 e. The van der Waals surface area contributed by atoms with E-state index in [1.807, 2.05) is 19.1 Å². The number of aryl methyl sites for hydroxylation is 1. The minimum atomic E-state index is -1.61. The summed E-state index contributed by atoms with van der Waals surface area (Å²) in [4.78, 5) is 41.0. The lowest BCUT2D eigenvalue weighted by molar-refractivity contribution is -0.151. The molecule has 158 valence electrons. The van der Waals surface area contributed by atoms with Crippen molar-refractivity contribution in [1.82, 2.24) is 5.32 Å². The summed E-state index contributed by atoms with van der Waals surface area (Å²) in [5.41, 5.74) is 0.638. The number of carbonyl (C=O) groups is 3. The lowest BCUT2D eigenvalue weighted by Gasteiger charge is -2.34. The first-order valence-corrected chi connectivity index (χ1v) is 10.2. The molecule has 4 unspecified atom stereocenters. The van der Waals surface area contributed by atoms with Gasteiger partial charge in [-0.3, -0.25) is 19.7 Å². The molecule has 4 rings (SSSR count). The van der Waals surface area contributed by atoms with Crippen molar-refractivity contribution in [2.45, 2.75) is 32.4 Å². The van der Waals surface area contributed by atoms with E-state index >= 15 is 0 Å². The molecule has 2 aromatic carbocycles. The number of para-hydroxylation sites is 1. The number of carboxylic acid groups (broad SMARTS) is 1. The monoisotopic (exact) mass is 417 g/mol. The number of nitrogens with zero attached hydrogens (tertiary/aromatic N) is 2. The molecule has 0 saturated carbocycles. The van der Waals surface area contributed by atoms with Crippen molar-refractivity contribution in [2.24, 2.45) is 17.8 Å². The Hall–Kier alpha value is -3.50. The third-order valence-corrected chi connectivity index (χ3v) is 6.59. The van der Waals surface area contributed by atoms with Crippen LogP contribution in [0.2, 0.25) is 0 Å². The number of carbonyl (C=O) groups excluding carboxylic acids is 2. The molecular weight excluding hydrogens is 394 g/mol. The van der Waals surface area contributed by atoms with Gasteiger partial charge in [-0.15, -0.1) is 0 Å². The molecule has 31 heavy (non-hydrogen) atoms. The molecule has 2 fully saturated rings. The largest absolute Gasteiger partial charge is 0.480 e. The summed E-state index contributed by atoms with van der Waals surface area (Å²) in [5.74, 6) is -4.51. The second-order valence-electron chi connectivity index (χ2n) is 8.49. The van der Waals surface area contributed by atoms with E-state index in [0.29, 0.717) is 16.8 Å². The van der Waals surface area contributed by atoms with Crippen molar-refractivity contribution in [3.63, 3.8) is 0 Å². The second kappa shape index (κ2) is 7.33. The Bertz CT molecular complexity index is 1140. The number of hydrogen-bond donors (Lipinski definition) is 2. The molecule has 0 aliphatic carbocycles. The molecule has 2 aliphatic rings. The molecule has 2 saturated heterocycles. The molecular formula is C24H23N3O4. The number of imide groups is 1. The van der Waals surface area contributed by atoms with Gasteiger partial charge in [0.25, 0.3) is 0 Å². The lowest BCUT2D eigenvalue weighted by Crippen LogP contribution is -2.59. The van der Waals surface area contributed by atoms with Crippen molar-refractivity contribution in [3.05, 3.63) is 65.2 Å². The van der Waals surface area contributed by atoms with Gasteiger partial charge in [-0.1, -0.05) is 44.2 Å². The molecule has 0 spiro atoms. The average molecular weight is 417 g/mol. The predicted molar refractivity (Wildman–Crippen MR) is 113 cm³/mol. The molecule has 4 atom stereocenters. The Morgan fingerprint density at radius 1 is 1.16 bits per heavy atom. The van der Waals surface area contributed by atoms with Crippen molar-refractivity contribution in [1.29, 1.82) is 5.26 Å². The van der Waals surface area contributed by atoms with E-state index in [9.17, 15) is 24.8 Å². The maximum atomic E-state index is 13.6. The van der Waals surface area contributed by atoms with E-state index in [0.717, 1.165) is 10.5 Å².